The molecule has 0 saturated carbocycles. The molecule has 0 saturated heterocycles. The smallest absolute Gasteiger partial charge is 0.0406 e. The van der Waals surface area contributed by atoms with Crippen molar-refractivity contribution in [1.29, 1.82) is 0 Å². The molecule has 1 aliphatic carbocycles. The van der Waals surface area contributed by atoms with Crippen molar-refractivity contribution in [3.63, 3.8) is 0 Å². The number of rotatable bonds is 3. The fraction of sp³-hybridized carbons (Fsp3) is 0.368. The lowest BCUT2D eigenvalue weighted by Gasteiger charge is -2.24. The summed E-state index contributed by atoms with van der Waals surface area (Å²) in [6.07, 6.45) is 5.02. The summed E-state index contributed by atoms with van der Waals surface area (Å²) in [4.78, 5) is 0. The summed E-state index contributed by atoms with van der Waals surface area (Å²) in [5.41, 5.74) is 4.28. The first-order valence-electron chi connectivity index (χ1n) is 7.83. The van der Waals surface area contributed by atoms with Crippen molar-refractivity contribution >= 4 is 11.6 Å². The maximum atomic E-state index is 5.98. The third-order valence-corrected chi connectivity index (χ3v) is 4.69. The second-order valence-corrected chi connectivity index (χ2v) is 6.37. The molecule has 0 amide bonds. The Kier molecular flexibility index (Phi) is 4.62. The predicted molar refractivity (Wildman–Crippen MR) is 89.7 cm³/mol. The first-order valence-corrected chi connectivity index (χ1v) is 8.21. The Labute approximate surface area is 132 Å². The minimum Gasteiger partial charge on any atom is -0.303 e. The van der Waals surface area contributed by atoms with Crippen LogP contribution < -0.4 is 5.32 Å². The van der Waals surface area contributed by atoms with E-state index in [4.69, 9.17) is 11.6 Å². The lowest BCUT2D eigenvalue weighted by molar-refractivity contribution is 0.437. The highest BCUT2D eigenvalue weighted by atomic mass is 35.5. The number of fused-ring (bicyclic) bond motifs is 1. The molecule has 1 nitrogen and oxygen atoms in total. The van der Waals surface area contributed by atoms with Gasteiger partial charge in [-0.1, -0.05) is 54.4 Å². The molecule has 2 aromatic rings. The van der Waals surface area contributed by atoms with Gasteiger partial charge in [0.1, 0.15) is 0 Å². The van der Waals surface area contributed by atoms with Crippen LogP contribution in [-0.4, -0.2) is 0 Å². The molecule has 21 heavy (non-hydrogen) atoms. The zero-order valence-corrected chi connectivity index (χ0v) is 13.2. The van der Waals surface area contributed by atoms with Gasteiger partial charge in [0.2, 0.25) is 0 Å². The fourth-order valence-corrected chi connectivity index (χ4v) is 3.37. The van der Waals surface area contributed by atoms with Gasteiger partial charge in [-0.3, -0.25) is 0 Å². The minimum atomic E-state index is 0.332. The van der Waals surface area contributed by atoms with Crippen molar-refractivity contribution in [3.8, 4) is 0 Å². The third kappa shape index (κ3) is 3.48. The standard InChI is InChI=1S/C19H22ClN/c1-14(15-10-12-17(20)13-11-15)21-19-9-5-3-7-16-6-2-4-8-18(16)19/h2,4,6,8,10-14,19,21H,3,5,7,9H2,1H3/t14-,19?/m1/s1. The number of halogens is 1. The highest BCUT2D eigenvalue weighted by Gasteiger charge is 2.20. The van der Waals surface area contributed by atoms with Crippen LogP contribution in [0.3, 0.4) is 0 Å². The number of hydrogen-bond donors (Lipinski definition) is 1. The van der Waals surface area contributed by atoms with Gasteiger partial charge in [-0.2, -0.15) is 0 Å². The molecule has 0 bridgehead atoms. The fourth-order valence-electron chi connectivity index (χ4n) is 3.24. The molecule has 0 radical (unpaired) electrons. The van der Waals surface area contributed by atoms with Crippen molar-refractivity contribution in [1.82, 2.24) is 5.32 Å². The topological polar surface area (TPSA) is 12.0 Å². The summed E-state index contributed by atoms with van der Waals surface area (Å²) < 4.78 is 0. The molecule has 1 N–H and O–H groups in total. The van der Waals surface area contributed by atoms with Crippen LogP contribution in [0.25, 0.3) is 0 Å². The Morgan fingerprint density at radius 3 is 2.62 bits per heavy atom. The van der Waals surface area contributed by atoms with Gasteiger partial charge in [0.05, 0.1) is 0 Å². The number of hydrogen-bond acceptors (Lipinski definition) is 1. The van der Waals surface area contributed by atoms with Gasteiger partial charge < -0.3 is 5.32 Å². The molecule has 1 aliphatic rings. The Balaban J connectivity index is 1.79. The van der Waals surface area contributed by atoms with Gasteiger partial charge in [-0.15, -0.1) is 0 Å². The highest BCUT2D eigenvalue weighted by Crippen LogP contribution is 2.30. The second-order valence-electron chi connectivity index (χ2n) is 5.94. The van der Waals surface area contributed by atoms with Gasteiger partial charge in [-0.25, -0.2) is 0 Å². The monoisotopic (exact) mass is 299 g/mol. The van der Waals surface area contributed by atoms with Crippen LogP contribution >= 0.6 is 11.6 Å². The average Bonchev–Trinajstić information content (AvgIpc) is 2.71. The molecular weight excluding hydrogens is 278 g/mol. The first-order chi connectivity index (χ1) is 10.2. The van der Waals surface area contributed by atoms with Crippen LogP contribution in [0.5, 0.6) is 0 Å². The third-order valence-electron chi connectivity index (χ3n) is 4.44. The minimum absolute atomic E-state index is 0.332. The van der Waals surface area contributed by atoms with Gasteiger partial charge in [0, 0.05) is 17.1 Å². The van der Waals surface area contributed by atoms with E-state index in [1.807, 2.05) is 12.1 Å². The molecule has 0 fully saturated rings. The van der Waals surface area contributed by atoms with Crippen molar-refractivity contribution in [2.45, 2.75) is 44.7 Å². The summed E-state index contributed by atoms with van der Waals surface area (Å²) in [7, 11) is 0. The number of benzene rings is 2. The molecule has 2 aromatic carbocycles. The van der Waals surface area contributed by atoms with Crippen molar-refractivity contribution in [2.75, 3.05) is 0 Å². The van der Waals surface area contributed by atoms with Crippen LogP contribution in [0.2, 0.25) is 5.02 Å². The van der Waals surface area contributed by atoms with Crippen LogP contribution in [0.4, 0.5) is 0 Å². The molecular formula is C19H22ClN. The maximum absolute atomic E-state index is 5.98. The van der Waals surface area contributed by atoms with Gasteiger partial charge in [0.25, 0.3) is 0 Å². The van der Waals surface area contributed by atoms with Gasteiger partial charge in [-0.05, 0) is 55.0 Å². The van der Waals surface area contributed by atoms with E-state index in [-0.39, 0.29) is 0 Å². The average molecular weight is 300 g/mol. The molecule has 0 aromatic heterocycles. The molecule has 2 atom stereocenters. The van der Waals surface area contributed by atoms with Crippen molar-refractivity contribution in [3.05, 3.63) is 70.2 Å². The number of nitrogens with one attached hydrogen (secondary N) is 1. The van der Waals surface area contributed by atoms with Crippen LogP contribution in [-0.2, 0) is 6.42 Å². The van der Waals surface area contributed by atoms with Gasteiger partial charge >= 0.3 is 0 Å². The van der Waals surface area contributed by atoms with E-state index in [0.717, 1.165) is 5.02 Å². The van der Waals surface area contributed by atoms with E-state index >= 15 is 0 Å². The predicted octanol–water partition coefficient (Wildman–Crippen LogP) is 5.46. The number of aryl methyl sites for hydroxylation is 1. The Bertz CT molecular complexity index is 591. The van der Waals surface area contributed by atoms with Gasteiger partial charge in [0.15, 0.2) is 0 Å². The summed E-state index contributed by atoms with van der Waals surface area (Å²) in [5, 5.41) is 4.60. The maximum Gasteiger partial charge on any atom is 0.0406 e. The van der Waals surface area contributed by atoms with Crippen molar-refractivity contribution in [2.24, 2.45) is 0 Å². The van der Waals surface area contributed by atoms with E-state index in [1.165, 1.54) is 42.4 Å². The molecule has 2 heteroatoms. The molecule has 1 unspecified atom stereocenters. The normalized spacial score (nSPS) is 19.6. The summed E-state index contributed by atoms with van der Waals surface area (Å²) in [6, 6.07) is 17.8. The molecule has 110 valence electrons. The quantitative estimate of drug-likeness (QED) is 0.742. The highest BCUT2D eigenvalue weighted by molar-refractivity contribution is 6.30. The van der Waals surface area contributed by atoms with E-state index in [9.17, 15) is 0 Å². The zero-order chi connectivity index (χ0) is 14.7. The second kappa shape index (κ2) is 6.64. The zero-order valence-electron chi connectivity index (χ0n) is 12.5. The molecule has 0 heterocycles. The van der Waals surface area contributed by atoms with Crippen LogP contribution in [0, 0.1) is 0 Å². The lowest BCUT2D eigenvalue weighted by atomic mass is 9.97. The van der Waals surface area contributed by atoms with E-state index in [0.29, 0.717) is 12.1 Å². The largest absolute Gasteiger partial charge is 0.303 e. The molecule has 0 aliphatic heterocycles. The molecule has 3 rings (SSSR count). The van der Waals surface area contributed by atoms with E-state index in [1.54, 1.807) is 0 Å². The SMILES string of the molecule is C[C@@H](NC1CCCCc2ccccc21)c1ccc(Cl)cc1. The Morgan fingerprint density at radius 1 is 1.05 bits per heavy atom. The molecule has 0 spiro atoms. The van der Waals surface area contributed by atoms with Crippen LogP contribution in [0.1, 0.15) is 55.0 Å². The summed E-state index contributed by atoms with van der Waals surface area (Å²) >= 11 is 5.98. The first kappa shape index (κ1) is 14.6. The lowest BCUT2D eigenvalue weighted by Crippen LogP contribution is -2.24. The summed E-state index contributed by atoms with van der Waals surface area (Å²) in [6.45, 7) is 2.23. The van der Waals surface area contributed by atoms with Crippen LogP contribution in [0.15, 0.2) is 48.5 Å². The van der Waals surface area contributed by atoms with E-state index in [2.05, 4.69) is 48.6 Å². The summed E-state index contributed by atoms with van der Waals surface area (Å²) in [5.74, 6) is 0. The Morgan fingerprint density at radius 2 is 1.81 bits per heavy atom. The Hall–Kier alpha value is -1.31. The van der Waals surface area contributed by atoms with Crippen molar-refractivity contribution < 1.29 is 0 Å². The van der Waals surface area contributed by atoms with E-state index < -0.39 is 0 Å².